The molecular formula is C11H14N4O2. The molecule has 90 valence electrons. The molecule has 0 bridgehead atoms. The Morgan fingerprint density at radius 2 is 2.24 bits per heavy atom. The lowest BCUT2D eigenvalue weighted by Gasteiger charge is -2.21. The largest absolute Gasteiger partial charge is 0.476 e. The summed E-state index contributed by atoms with van der Waals surface area (Å²) in [6.45, 7) is 4.49. The van der Waals surface area contributed by atoms with Gasteiger partial charge in [-0.2, -0.15) is 5.26 Å². The summed E-state index contributed by atoms with van der Waals surface area (Å²) in [6, 6.07) is 2.11. The van der Waals surface area contributed by atoms with Gasteiger partial charge in [-0.05, 0) is 5.41 Å². The van der Waals surface area contributed by atoms with Gasteiger partial charge in [0.25, 0.3) is 0 Å². The molecular weight excluding hydrogens is 220 g/mol. The Bertz CT molecular complexity index is 434. The number of carboxylic acids is 1. The molecule has 0 aromatic carbocycles. The predicted molar refractivity (Wildman–Crippen MR) is 61.5 cm³/mol. The van der Waals surface area contributed by atoms with E-state index in [1.54, 1.807) is 0 Å². The van der Waals surface area contributed by atoms with Crippen molar-refractivity contribution in [1.82, 2.24) is 9.97 Å². The Kier molecular flexibility index (Phi) is 3.99. The van der Waals surface area contributed by atoms with Crippen LogP contribution in [0.25, 0.3) is 0 Å². The second-order valence-electron chi connectivity index (χ2n) is 4.44. The number of anilines is 1. The summed E-state index contributed by atoms with van der Waals surface area (Å²) >= 11 is 0. The van der Waals surface area contributed by atoms with Crippen LogP contribution in [0.5, 0.6) is 0 Å². The highest BCUT2D eigenvalue weighted by Gasteiger charge is 2.17. The Morgan fingerprint density at radius 1 is 1.53 bits per heavy atom. The van der Waals surface area contributed by atoms with E-state index in [9.17, 15) is 4.79 Å². The highest BCUT2D eigenvalue weighted by Crippen LogP contribution is 2.19. The number of hydrogen-bond acceptors (Lipinski definition) is 5. The molecule has 17 heavy (non-hydrogen) atoms. The van der Waals surface area contributed by atoms with Crippen molar-refractivity contribution >= 4 is 11.8 Å². The first-order valence-corrected chi connectivity index (χ1v) is 5.11. The van der Waals surface area contributed by atoms with Crippen LogP contribution in [0.2, 0.25) is 0 Å². The van der Waals surface area contributed by atoms with Gasteiger partial charge < -0.3 is 10.4 Å². The van der Waals surface area contributed by atoms with Crippen LogP contribution >= 0.6 is 0 Å². The standard InChI is InChI=1S/C11H14N4O2/c1-11(2,3-4-12)7-15-9-6-13-8(5-14-9)10(16)17/h5-6H,3,7H2,1-2H3,(H,14,15)(H,16,17). The first-order valence-electron chi connectivity index (χ1n) is 5.11. The topological polar surface area (TPSA) is 98.9 Å². The summed E-state index contributed by atoms with van der Waals surface area (Å²) in [7, 11) is 0. The second-order valence-corrected chi connectivity index (χ2v) is 4.44. The van der Waals surface area contributed by atoms with E-state index in [1.165, 1.54) is 12.4 Å². The van der Waals surface area contributed by atoms with Gasteiger partial charge in [0, 0.05) is 13.0 Å². The molecule has 1 aromatic rings. The fourth-order valence-electron chi connectivity index (χ4n) is 1.14. The Labute approximate surface area is 99.3 Å². The van der Waals surface area contributed by atoms with E-state index < -0.39 is 5.97 Å². The first-order chi connectivity index (χ1) is 7.94. The minimum Gasteiger partial charge on any atom is -0.476 e. The zero-order valence-electron chi connectivity index (χ0n) is 9.77. The van der Waals surface area contributed by atoms with Crippen molar-refractivity contribution in [3.63, 3.8) is 0 Å². The minimum atomic E-state index is -1.10. The molecule has 0 fully saturated rings. The molecule has 0 aliphatic carbocycles. The van der Waals surface area contributed by atoms with Crippen molar-refractivity contribution in [1.29, 1.82) is 5.26 Å². The highest BCUT2D eigenvalue weighted by atomic mass is 16.4. The summed E-state index contributed by atoms with van der Waals surface area (Å²) in [5, 5.41) is 20.3. The van der Waals surface area contributed by atoms with E-state index in [0.717, 1.165) is 0 Å². The van der Waals surface area contributed by atoms with Crippen molar-refractivity contribution in [2.75, 3.05) is 11.9 Å². The molecule has 1 aromatic heterocycles. The number of nitrogens with zero attached hydrogens (tertiary/aromatic N) is 3. The van der Waals surface area contributed by atoms with Gasteiger partial charge in [0.1, 0.15) is 5.82 Å². The van der Waals surface area contributed by atoms with Crippen molar-refractivity contribution in [3.05, 3.63) is 18.1 Å². The van der Waals surface area contributed by atoms with Crippen LogP contribution in [-0.2, 0) is 0 Å². The average molecular weight is 234 g/mol. The zero-order chi connectivity index (χ0) is 12.9. The Hall–Kier alpha value is -2.16. The van der Waals surface area contributed by atoms with Crippen molar-refractivity contribution in [3.8, 4) is 6.07 Å². The number of carboxylic acid groups (broad SMARTS) is 1. The third-order valence-corrected chi connectivity index (χ3v) is 2.18. The van der Waals surface area contributed by atoms with Gasteiger partial charge in [-0.3, -0.25) is 0 Å². The lowest BCUT2D eigenvalue weighted by atomic mass is 9.90. The van der Waals surface area contributed by atoms with E-state index in [1.807, 2.05) is 13.8 Å². The van der Waals surface area contributed by atoms with Crippen LogP contribution in [0.1, 0.15) is 30.8 Å². The molecule has 1 heterocycles. The Balaban J connectivity index is 2.59. The first kappa shape index (κ1) is 12.9. The fraction of sp³-hybridized carbons (Fsp3) is 0.455. The van der Waals surface area contributed by atoms with E-state index in [4.69, 9.17) is 10.4 Å². The molecule has 0 saturated carbocycles. The summed E-state index contributed by atoms with van der Waals surface area (Å²) < 4.78 is 0. The van der Waals surface area contributed by atoms with Gasteiger partial charge in [-0.15, -0.1) is 0 Å². The quantitative estimate of drug-likeness (QED) is 0.801. The maximum atomic E-state index is 10.6. The van der Waals surface area contributed by atoms with E-state index >= 15 is 0 Å². The number of rotatable bonds is 5. The van der Waals surface area contributed by atoms with E-state index in [-0.39, 0.29) is 11.1 Å². The van der Waals surface area contributed by atoms with Crippen LogP contribution in [0.15, 0.2) is 12.4 Å². The molecule has 0 aliphatic heterocycles. The molecule has 6 nitrogen and oxygen atoms in total. The number of carbonyl (C=O) groups is 1. The lowest BCUT2D eigenvalue weighted by molar-refractivity contribution is 0.0690. The SMILES string of the molecule is CC(C)(CC#N)CNc1cnc(C(=O)O)cn1. The maximum Gasteiger partial charge on any atom is 0.356 e. The van der Waals surface area contributed by atoms with Crippen molar-refractivity contribution in [2.45, 2.75) is 20.3 Å². The summed E-state index contributed by atoms with van der Waals surface area (Å²) in [5.74, 6) is -0.602. The van der Waals surface area contributed by atoms with Gasteiger partial charge in [0.15, 0.2) is 5.69 Å². The number of nitriles is 1. The monoisotopic (exact) mass is 234 g/mol. The van der Waals surface area contributed by atoms with Crippen molar-refractivity contribution in [2.24, 2.45) is 5.41 Å². The number of aromatic nitrogens is 2. The predicted octanol–water partition coefficient (Wildman–Crippen LogP) is 1.53. The number of hydrogen-bond donors (Lipinski definition) is 2. The molecule has 0 radical (unpaired) electrons. The van der Waals surface area contributed by atoms with E-state index in [0.29, 0.717) is 18.8 Å². The lowest BCUT2D eigenvalue weighted by Crippen LogP contribution is -2.23. The normalized spacial score (nSPS) is 10.6. The molecule has 0 unspecified atom stereocenters. The molecule has 2 N–H and O–H groups in total. The van der Waals surface area contributed by atoms with Gasteiger partial charge in [0.05, 0.1) is 18.5 Å². The third kappa shape index (κ3) is 4.07. The maximum absolute atomic E-state index is 10.6. The van der Waals surface area contributed by atoms with Crippen LogP contribution in [0, 0.1) is 16.7 Å². The van der Waals surface area contributed by atoms with Crippen LogP contribution in [0.3, 0.4) is 0 Å². The Morgan fingerprint density at radius 3 is 2.71 bits per heavy atom. The average Bonchev–Trinajstić information content (AvgIpc) is 2.27. The van der Waals surface area contributed by atoms with Gasteiger partial charge in [0.2, 0.25) is 0 Å². The van der Waals surface area contributed by atoms with Crippen molar-refractivity contribution < 1.29 is 9.90 Å². The zero-order valence-corrected chi connectivity index (χ0v) is 9.77. The summed E-state index contributed by atoms with van der Waals surface area (Å²) in [4.78, 5) is 18.2. The smallest absolute Gasteiger partial charge is 0.356 e. The fourth-order valence-corrected chi connectivity index (χ4v) is 1.14. The molecule has 0 saturated heterocycles. The van der Waals surface area contributed by atoms with Crippen LogP contribution < -0.4 is 5.32 Å². The number of nitrogens with one attached hydrogen (secondary N) is 1. The molecule has 0 aliphatic rings. The molecule has 1 rings (SSSR count). The number of aromatic carboxylic acids is 1. The van der Waals surface area contributed by atoms with Gasteiger partial charge >= 0.3 is 5.97 Å². The minimum absolute atomic E-state index is 0.0909. The van der Waals surface area contributed by atoms with Gasteiger partial charge in [-0.25, -0.2) is 14.8 Å². The molecule has 0 atom stereocenters. The summed E-state index contributed by atoms with van der Waals surface area (Å²) in [5.41, 5.74) is -0.256. The molecule has 0 amide bonds. The highest BCUT2D eigenvalue weighted by molar-refractivity contribution is 5.84. The molecule has 0 spiro atoms. The third-order valence-electron chi connectivity index (χ3n) is 2.18. The van der Waals surface area contributed by atoms with Crippen LogP contribution in [0.4, 0.5) is 5.82 Å². The van der Waals surface area contributed by atoms with Crippen LogP contribution in [-0.4, -0.2) is 27.6 Å². The van der Waals surface area contributed by atoms with Gasteiger partial charge in [-0.1, -0.05) is 13.8 Å². The molecule has 6 heteroatoms. The summed E-state index contributed by atoms with van der Waals surface area (Å²) in [6.07, 6.45) is 2.99. The second kappa shape index (κ2) is 5.25. The van der Waals surface area contributed by atoms with E-state index in [2.05, 4.69) is 21.4 Å².